The Labute approximate surface area is 96.7 Å². The van der Waals surface area contributed by atoms with Gasteiger partial charge in [-0.05, 0) is 24.6 Å². The van der Waals surface area contributed by atoms with E-state index in [0.29, 0.717) is 12.5 Å². The van der Waals surface area contributed by atoms with Gasteiger partial charge < -0.3 is 20.5 Å². The summed E-state index contributed by atoms with van der Waals surface area (Å²) in [5.74, 6) is 2.00. The molecule has 4 nitrogen and oxygen atoms in total. The zero-order valence-corrected chi connectivity index (χ0v) is 10.1. The number of hydrogen-bond acceptors (Lipinski definition) is 4. The third kappa shape index (κ3) is 3.31. The fourth-order valence-electron chi connectivity index (χ4n) is 1.31. The van der Waals surface area contributed by atoms with Gasteiger partial charge in [0.1, 0.15) is 11.5 Å². The largest absolute Gasteiger partial charge is 0.497 e. The molecule has 3 N–H and O–H groups in total. The lowest BCUT2D eigenvalue weighted by Crippen LogP contribution is -2.19. The van der Waals surface area contributed by atoms with Crippen LogP contribution in [0.15, 0.2) is 18.2 Å². The lowest BCUT2D eigenvalue weighted by atomic mass is 10.2. The van der Waals surface area contributed by atoms with Crippen LogP contribution in [-0.2, 0) is 0 Å². The predicted octanol–water partition coefficient (Wildman–Crippen LogP) is 1.71. The maximum atomic E-state index is 5.56. The van der Waals surface area contributed by atoms with Crippen molar-refractivity contribution in [1.29, 1.82) is 0 Å². The second-order valence-corrected chi connectivity index (χ2v) is 3.79. The molecule has 0 saturated heterocycles. The van der Waals surface area contributed by atoms with E-state index in [1.165, 1.54) is 0 Å². The van der Waals surface area contributed by atoms with Crippen LogP contribution < -0.4 is 20.5 Å². The van der Waals surface area contributed by atoms with E-state index in [1.54, 1.807) is 14.2 Å². The van der Waals surface area contributed by atoms with Crippen LogP contribution >= 0.6 is 0 Å². The summed E-state index contributed by atoms with van der Waals surface area (Å²) in [5, 5.41) is 3.31. The summed E-state index contributed by atoms with van der Waals surface area (Å²) >= 11 is 0. The topological polar surface area (TPSA) is 56.5 Å². The third-order valence-electron chi connectivity index (χ3n) is 2.45. The van der Waals surface area contributed by atoms with E-state index >= 15 is 0 Å². The molecule has 0 radical (unpaired) electrons. The standard InChI is InChI=1S/C12H20N2O2/c1-9(7-13)8-14-11-5-4-10(15-2)6-12(11)16-3/h4-6,9,14H,7-8,13H2,1-3H3. The van der Waals surface area contributed by atoms with Gasteiger partial charge in [-0.1, -0.05) is 6.92 Å². The van der Waals surface area contributed by atoms with E-state index in [0.717, 1.165) is 23.7 Å². The molecule has 0 aliphatic heterocycles. The van der Waals surface area contributed by atoms with Gasteiger partial charge in [0.05, 0.1) is 19.9 Å². The molecule has 90 valence electrons. The van der Waals surface area contributed by atoms with Crippen LogP contribution in [0.2, 0.25) is 0 Å². The zero-order valence-electron chi connectivity index (χ0n) is 10.1. The Morgan fingerprint density at radius 2 is 2.06 bits per heavy atom. The van der Waals surface area contributed by atoms with E-state index in [9.17, 15) is 0 Å². The van der Waals surface area contributed by atoms with E-state index < -0.39 is 0 Å². The van der Waals surface area contributed by atoms with Crippen molar-refractivity contribution >= 4 is 5.69 Å². The van der Waals surface area contributed by atoms with Crippen LogP contribution in [0.25, 0.3) is 0 Å². The Morgan fingerprint density at radius 1 is 1.31 bits per heavy atom. The summed E-state index contributed by atoms with van der Waals surface area (Å²) in [5.41, 5.74) is 6.52. The van der Waals surface area contributed by atoms with Gasteiger partial charge in [0.15, 0.2) is 0 Å². The van der Waals surface area contributed by atoms with Gasteiger partial charge in [-0.3, -0.25) is 0 Å². The molecule has 1 unspecified atom stereocenters. The molecule has 16 heavy (non-hydrogen) atoms. The van der Waals surface area contributed by atoms with Crippen molar-refractivity contribution in [3.63, 3.8) is 0 Å². The fourth-order valence-corrected chi connectivity index (χ4v) is 1.31. The van der Waals surface area contributed by atoms with Crippen LogP contribution in [0.1, 0.15) is 6.92 Å². The van der Waals surface area contributed by atoms with Crippen molar-refractivity contribution in [2.75, 3.05) is 32.6 Å². The number of anilines is 1. The maximum Gasteiger partial charge on any atom is 0.145 e. The van der Waals surface area contributed by atoms with Gasteiger partial charge in [0.25, 0.3) is 0 Å². The molecule has 0 bridgehead atoms. The molecule has 4 heteroatoms. The second-order valence-electron chi connectivity index (χ2n) is 3.79. The average Bonchev–Trinajstić information content (AvgIpc) is 2.35. The van der Waals surface area contributed by atoms with Crippen molar-refractivity contribution in [3.8, 4) is 11.5 Å². The normalized spacial score (nSPS) is 12.0. The Morgan fingerprint density at radius 3 is 2.62 bits per heavy atom. The summed E-state index contributed by atoms with van der Waals surface area (Å²) in [6.07, 6.45) is 0. The number of nitrogens with one attached hydrogen (secondary N) is 1. The number of rotatable bonds is 6. The smallest absolute Gasteiger partial charge is 0.145 e. The highest BCUT2D eigenvalue weighted by molar-refractivity contribution is 5.59. The fraction of sp³-hybridized carbons (Fsp3) is 0.500. The van der Waals surface area contributed by atoms with Gasteiger partial charge in [-0.15, -0.1) is 0 Å². The van der Waals surface area contributed by atoms with Gasteiger partial charge >= 0.3 is 0 Å². The lowest BCUT2D eigenvalue weighted by Gasteiger charge is -2.14. The minimum absolute atomic E-state index is 0.437. The van der Waals surface area contributed by atoms with E-state index in [2.05, 4.69) is 12.2 Å². The maximum absolute atomic E-state index is 5.56. The summed E-state index contributed by atoms with van der Waals surface area (Å²) < 4.78 is 10.4. The summed E-state index contributed by atoms with van der Waals surface area (Å²) in [4.78, 5) is 0. The van der Waals surface area contributed by atoms with Crippen LogP contribution in [0, 0.1) is 5.92 Å². The molecule has 0 spiro atoms. The highest BCUT2D eigenvalue weighted by Gasteiger charge is 2.05. The molecule has 1 aromatic carbocycles. The van der Waals surface area contributed by atoms with Crippen LogP contribution in [0.4, 0.5) is 5.69 Å². The molecular weight excluding hydrogens is 204 g/mol. The number of methoxy groups -OCH3 is 2. The van der Waals surface area contributed by atoms with Gasteiger partial charge in [-0.25, -0.2) is 0 Å². The summed E-state index contributed by atoms with van der Waals surface area (Å²) in [6.45, 7) is 3.60. The number of nitrogens with two attached hydrogens (primary N) is 1. The van der Waals surface area contributed by atoms with E-state index in [-0.39, 0.29) is 0 Å². The first-order chi connectivity index (χ1) is 7.71. The van der Waals surface area contributed by atoms with Gasteiger partial charge in [0.2, 0.25) is 0 Å². The average molecular weight is 224 g/mol. The van der Waals surface area contributed by atoms with Crippen LogP contribution in [0.5, 0.6) is 11.5 Å². The molecule has 0 aliphatic carbocycles. The molecule has 1 atom stereocenters. The molecule has 0 saturated carbocycles. The highest BCUT2D eigenvalue weighted by Crippen LogP contribution is 2.28. The summed E-state index contributed by atoms with van der Waals surface area (Å²) in [7, 11) is 3.28. The van der Waals surface area contributed by atoms with Crippen molar-refractivity contribution in [3.05, 3.63) is 18.2 Å². The molecule has 0 fully saturated rings. The quantitative estimate of drug-likeness (QED) is 0.772. The SMILES string of the molecule is COc1ccc(NCC(C)CN)c(OC)c1. The van der Waals surface area contributed by atoms with Crippen molar-refractivity contribution < 1.29 is 9.47 Å². The summed E-state index contributed by atoms with van der Waals surface area (Å²) in [6, 6.07) is 5.70. The van der Waals surface area contributed by atoms with Crippen molar-refractivity contribution in [2.24, 2.45) is 11.7 Å². The van der Waals surface area contributed by atoms with Crippen LogP contribution in [-0.4, -0.2) is 27.3 Å². The van der Waals surface area contributed by atoms with Gasteiger partial charge in [-0.2, -0.15) is 0 Å². The Balaban J connectivity index is 2.71. The minimum atomic E-state index is 0.437. The molecule has 1 aromatic rings. The van der Waals surface area contributed by atoms with Crippen molar-refractivity contribution in [1.82, 2.24) is 0 Å². The first-order valence-corrected chi connectivity index (χ1v) is 5.37. The van der Waals surface area contributed by atoms with Crippen molar-refractivity contribution in [2.45, 2.75) is 6.92 Å². The number of hydrogen-bond donors (Lipinski definition) is 2. The van der Waals surface area contributed by atoms with E-state index in [4.69, 9.17) is 15.2 Å². The van der Waals surface area contributed by atoms with Gasteiger partial charge in [0, 0.05) is 12.6 Å². The molecule has 0 heterocycles. The molecule has 0 aromatic heterocycles. The monoisotopic (exact) mass is 224 g/mol. The molecular formula is C12H20N2O2. The van der Waals surface area contributed by atoms with Crippen LogP contribution in [0.3, 0.4) is 0 Å². The second kappa shape index (κ2) is 6.23. The Kier molecular flexibility index (Phi) is 4.92. The molecule has 0 aliphatic rings. The predicted molar refractivity (Wildman–Crippen MR) is 66.3 cm³/mol. The van der Waals surface area contributed by atoms with E-state index in [1.807, 2.05) is 18.2 Å². The Bertz CT molecular complexity index is 329. The first kappa shape index (κ1) is 12.6. The molecule has 1 rings (SSSR count). The first-order valence-electron chi connectivity index (χ1n) is 5.37. The third-order valence-corrected chi connectivity index (χ3v) is 2.45. The number of ether oxygens (including phenoxy) is 2. The zero-order chi connectivity index (χ0) is 12.0. The lowest BCUT2D eigenvalue weighted by molar-refractivity contribution is 0.395. The molecule has 0 amide bonds. The Hall–Kier alpha value is -1.42. The highest BCUT2D eigenvalue weighted by atomic mass is 16.5. The number of benzene rings is 1. The minimum Gasteiger partial charge on any atom is -0.497 e.